The number of hydrogen-bond donors (Lipinski definition) is 1. The number of anilines is 1. The van der Waals surface area contributed by atoms with Crippen LogP contribution in [-0.4, -0.2) is 23.6 Å². The molecule has 1 saturated carbocycles. The predicted octanol–water partition coefficient (Wildman–Crippen LogP) is 3.39. The van der Waals surface area contributed by atoms with E-state index in [1.807, 2.05) is 6.07 Å². The van der Waals surface area contributed by atoms with Gasteiger partial charge in [-0.25, -0.2) is 9.78 Å². The molecular formula is C15H22N2O2. The summed E-state index contributed by atoms with van der Waals surface area (Å²) in [5.74, 6) is 0.538. The van der Waals surface area contributed by atoms with Gasteiger partial charge in [0.1, 0.15) is 5.82 Å². The van der Waals surface area contributed by atoms with E-state index in [1.54, 1.807) is 19.2 Å². The molecule has 1 heterocycles. The van der Waals surface area contributed by atoms with Gasteiger partial charge in [-0.2, -0.15) is 0 Å². The van der Waals surface area contributed by atoms with Crippen molar-refractivity contribution in [3.8, 4) is 0 Å². The van der Waals surface area contributed by atoms with Crippen LogP contribution in [0, 0.1) is 0 Å². The number of carbonyl (C=O) groups excluding carboxylic acids is 1. The maximum absolute atomic E-state index is 11.5. The SMILES string of the molecule is CCOC(=O)c1ccc(NC2CCCCCC2)nc1. The van der Waals surface area contributed by atoms with Crippen molar-refractivity contribution in [2.24, 2.45) is 0 Å². The van der Waals surface area contributed by atoms with E-state index in [4.69, 9.17) is 4.74 Å². The lowest BCUT2D eigenvalue weighted by Gasteiger charge is -2.16. The largest absolute Gasteiger partial charge is 0.462 e. The third kappa shape index (κ3) is 4.23. The Balaban J connectivity index is 1.92. The lowest BCUT2D eigenvalue weighted by atomic mass is 10.1. The Morgan fingerprint density at radius 2 is 2.05 bits per heavy atom. The quantitative estimate of drug-likeness (QED) is 0.667. The third-order valence-corrected chi connectivity index (χ3v) is 3.48. The van der Waals surface area contributed by atoms with Crippen LogP contribution >= 0.6 is 0 Å². The Morgan fingerprint density at radius 1 is 1.32 bits per heavy atom. The molecule has 1 aliphatic carbocycles. The van der Waals surface area contributed by atoms with E-state index in [0.29, 0.717) is 18.2 Å². The second kappa shape index (κ2) is 7.12. The number of ether oxygens (including phenoxy) is 1. The number of rotatable bonds is 4. The highest BCUT2D eigenvalue weighted by molar-refractivity contribution is 5.89. The van der Waals surface area contributed by atoms with E-state index >= 15 is 0 Å². The van der Waals surface area contributed by atoms with Gasteiger partial charge >= 0.3 is 5.97 Å². The van der Waals surface area contributed by atoms with Crippen LogP contribution in [0.15, 0.2) is 18.3 Å². The number of nitrogens with one attached hydrogen (secondary N) is 1. The van der Waals surface area contributed by atoms with Crippen molar-refractivity contribution in [3.05, 3.63) is 23.9 Å². The van der Waals surface area contributed by atoms with Crippen LogP contribution in [-0.2, 0) is 4.74 Å². The van der Waals surface area contributed by atoms with Gasteiger partial charge in [0, 0.05) is 12.2 Å². The molecule has 0 amide bonds. The first-order valence-corrected chi connectivity index (χ1v) is 7.19. The molecule has 104 valence electrons. The minimum absolute atomic E-state index is 0.309. The molecule has 1 aliphatic rings. The highest BCUT2D eigenvalue weighted by Gasteiger charge is 2.13. The number of hydrogen-bond acceptors (Lipinski definition) is 4. The number of pyridine rings is 1. The van der Waals surface area contributed by atoms with Crippen molar-refractivity contribution in [2.75, 3.05) is 11.9 Å². The highest BCUT2D eigenvalue weighted by atomic mass is 16.5. The molecule has 0 radical (unpaired) electrons. The standard InChI is InChI=1S/C15H22N2O2/c1-2-19-15(18)12-9-10-14(16-11-12)17-13-7-5-3-4-6-8-13/h9-11,13H,2-8H2,1H3,(H,16,17). The van der Waals surface area contributed by atoms with Gasteiger partial charge in [0.05, 0.1) is 12.2 Å². The van der Waals surface area contributed by atoms with Crippen LogP contribution in [0.25, 0.3) is 0 Å². The molecule has 1 aromatic heterocycles. The molecule has 0 aliphatic heterocycles. The van der Waals surface area contributed by atoms with Crippen LogP contribution in [0.2, 0.25) is 0 Å². The highest BCUT2D eigenvalue weighted by Crippen LogP contribution is 2.20. The van der Waals surface area contributed by atoms with Crippen LogP contribution in [0.3, 0.4) is 0 Å². The van der Waals surface area contributed by atoms with Crippen molar-refractivity contribution in [2.45, 2.75) is 51.5 Å². The summed E-state index contributed by atoms with van der Waals surface area (Å²) >= 11 is 0. The third-order valence-electron chi connectivity index (χ3n) is 3.48. The summed E-state index contributed by atoms with van der Waals surface area (Å²) in [4.78, 5) is 15.8. The average Bonchev–Trinajstić information content (AvgIpc) is 2.68. The molecule has 4 nitrogen and oxygen atoms in total. The summed E-state index contributed by atoms with van der Waals surface area (Å²) in [6.45, 7) is 2.19. The van der Waals surface area contributed by atoms with Crippen LogP contribution < -0.4 is 5.32 Å². The van der Waals surface area contributed by atoms with Gasteiger partial charge in [0.2, 0.25) is 0 Å². The van der Waals surface area contributed by atoms with Crippen molar-refractivity contribution in [3.63, 3.8) is 0 Å². The zero-order chi connectivity index (χ0) is 13.5. The zero-order valence-electron chi connectivity index (χ0n) is 11.5. The molecule has 1 aromatic rings. The number of esters is 1. The molecule has 1 N–H and O–H groups in total. The summed E-state index contributed by atoms with van der Waals surface area (Å²) in [6.07, 6.45) is 9.26. The number of nitrogens with zero attached hydrogens (tertiary/aromatic N) is 1. The molecule has 0 aromatic carbocycles. The lowest BCUT2D eigenvalue weighted by Crippen LogP contribution is -2.19. The normalized spacial score (nSPS) is 16.7. The van der Waals surface area contributed by atoms with E-state index in [-0.39, 0.29) is 5.97 Å². The molecule has 4 heteroatoms. The summed E-state index contributed by atoms with van der Waals surface area (Å²) < 4.78 is 4.93. The van der Waals surface area contributed by atoms with Crippen LogP contribution in [0.1, 0.15) is 55.8 Å². The Labute approximate surface area is 114 Å². The van der Waals surface area contributed by atoms with Crippen molar-refractivity contribution < 1.29 is 9.53 Å². The van der Waals surface area contributed by atoms with Gasteiger partial charge < -0.3 is 10.1 Å². The minimum atomic E-state index is -0.309. The fourth-order valence-corrected chi connectivity index (χ4v) is 2.45. The maximum atomic E-state index is 11.5. The Bertz CT molecular complexity index is 395. The van der Waals surface area contributed by atoms with Crippen molar-refractivity contribution >= 4 is 11.8 Å². The van der Waals surface area contributed by atoms with E-state index in [1.165, 1.54) is 38.5 Å². The van der Waals surface area contributed by atoms with Gasteiger partial charge in [-0.1, -0.05) is 25.7 Å². The van der Waals surface area contributed by atoms with Gasteiger partial charge in [-0.15, -0.1) is 0 Å². The van der Waals surface area contributed by atoms with Gasteiger partial charge in [-0.05, 0) is 31.9 Å². The van der Waals surface area contributed by atoms with Gasteiger partial charge in [0.25, 0.3) is 0 Å². The Kier molecular flexibility index (Phi) is 5.19. The lowest BCUT2D eigenvalue weighted by molar-refractivity contribution is 0.0526. The maximum Gasteiger partial charge on any atom is 0.339 e. The topological polar surface area (TPSA) is 51.2 Å². The Morgan fingerprint density at radius 3 is 2.63 bits per heavy atom. The molecule has 0 bridgehead atoms. The number of aromatic nitrogens is 1. The molecule has 0 unspecified atom stereocenters. The second-order valence-electron chi connectivity index (χ2n) is 4.99. The molecule has 1 fully saturated rings. The molecular weight excluding hydrogens is 240 g/mol. The van der Waals surface area contributed by atoms with E-state index in [2.05, 4.69) is 10.3 Å². The summed E-state index contributed by atoms with van der Waals surface area (Å²) in [5.41, 5.74) is 0.508. The summed E-state index contributed by atoms with van der Waals surface area (Å²) in [5, 5.41) is 3.46. The Hall–Kier alpha value is -1.58. The van der Waals surface area contributed by atoms with Crippen LogP contribution in [0.4, 0.5) is 5.82 Å². The molecule has 0 atom stereocenters. The van der Waals surface area contributed by atoms with Crippen molar-refractivity contribution in [1.29, 1.82) is 0 Å². The van der Waals surface area contributed by atoms with Crippen LogP contribution in [0.5, 0.6) is 0 Å². The van der Waals surface area contributed by atoms with E-state index < -0.39 is 0 Å². The second-order valence-corrected chi connectivity index (χ2v) is 4.99. The molecule has 0 saturated heterocycles. The zero-order valence-corrected chi connectivity index (χ0v) is 11.5. The predicted molar refractivity (Wildman–Crippen MR) is 75.3 cm³/mol. The number of carbonyl (C=O) groups is 1. The first-order chi connectivity index (χ1) is 9.29. The monoisotopic (exact) mass is 262 g/mol. The fourth-order valence-electron chi connectivity index (χ4n) is 2.45. The van der Waals surface area contributed by atoms with Gasteiger partial charge in [-0.3, -0.25) is 0 Å². The summed E-state index contributed by atoms with van der Waals surface area (Å²) in [7, 11) is 0. The first kappa shape index (κ1) is 13.8. The smallest absolute Gasteiger partial charge is 0.339 e. The minimum Gasteiger partial charge on any atom is -0.462 e. The molecule has 0 spiro atoms. The average molecular weight is 262 g/mol. The van der Waals surface area contributed by atoms with E-state index in [0.717, 1.165) is 5.82 Å². The summed E-state index contributed by atoms with van der Waals surface area (Å²) in [6, 6.07) is 4.14. The van der Waals surface area contributed by atoms with Crippen molar-refractivity contribution in [1.82, 2.24) is 4.98 Å². The molecule has 2 rings (SSSR count). The first-order valence-electron chi connectivity index (χ1n) is 7.19. The fraction of sp³-hybridized carbons (Fsp3) is 0.600. The van der Waals surface area contributed by atoms with Gasteiger partial charge in [0.15, 0.2) is 0 Å². The van der Waals surface area contributed by atoms with E-state index in [9.17, 15) is 4.79 Å². The molecule has 19 heavy (non-hydrogen) atoms.